The van der Waals surface area contributed by atoms with Gasteiger partial charge in [-0.1, -0.05) is 28.2 Å². The Morgan fingerprint density at radius 2 is 1.77 bits per heavy atom. The fourth-order valence-electron chi connectivity index (χ4n) is 2.13. The molecule has 0 unspecified atom stereocenters. The Morgan fingerprint density at radius 3 is 2.27 bits per heavy atom. The Balaban J connectivity index is 0.00000841. The summed E-state index contributed by atoms with van der Waals surface area (Å²) >= 11 is 0. The smallest absolute Gasteiger partial charge is 0.407 e. The number of carbonyl (C=O) groups excluding carboxylic acids is 2. The summed E-state index contributed by atoms with van der Waals surface area (Å²) in [4.78, 5) is 24.1. The summed E-state index contributed by atoms with van der Waals surface area (Å²) in [6.07, 6.45) is 0.109. The lowest BCUT2D eigenvalue weighted by Gasteiger charge is -2.35. The van der Waals surface area contributed by atoms with Crippen molar-refractivity contribution in [3.8, 4) is 5.88 Å². The largest absolute Gasteiger partial charge is 0.530 e. The molecule has 0 spiro atoms. The van der Waals surface area contributed by atoms with Crippen LogP contribution in [0.25, 0.3) is 0 Å². The third kappa shape index (κ3) is 8.77. The first-order valence-electron chi connectivity index (χ1n) is 10.1. The van der Waals surface area contributed by atoms with Crippen LogP contribution in [0.5, 0.6) is 5.88 Å². The van der Waals surface area contributed by atoms with E-state index in [1.54, 1.807) is 17.7 Å². The van der Waals surface area contributed by atoms with E-state index in [1.807, 2.05) is 20.8 Å². The number of alkyl carbamates (subject to hydrolysis) is 1. The van der Waals surface area contributed by atoms with E-state index in [-0.39, 0.29) is 19.1 Å². The molecule has 174 valence electrons. The molecule has 0 aromatic carbocycles. The highest BCUT2D eigenvalue weighted by Crippen LogP contribution is 2.37. The molecule has 1 aromatic rings. The predicted octanol–water partition coefficient (Wildman–Crippen LogP) is 4.99. The number of aryl methyl sites for hydroxylation is 1. The number of carbonyl (C=O) groups is 2. The van der Waals surface area contributed by atoms with Crippen LogP contribution in [-0.2, 0) is 16.0 Å². The Hall–Kier alpha value is -2.03. The van der Waals surface area contributed by atoms with E-state index >= 15 is 0 Å². The summed E-state index contributed by atoms with van der Waals surface area (Å²) in [7, 11) is -2.09. The second-order valence-corrected chi connectivity index (χ2v) is 14.2. The van der Waals surface area contributed by atoms with Gasteiger partial charge in [0.15, 0.2) is 0 Å². The molecule has 8 nitrogen and oxygen atoms in total. The number of rotatable bonds is 8. The summed E-state index contributed by atoms with van der Waals surface area (Å²) < 4.78 is 18.2. The van der Waals surface area contributed by atoms with Gasteiger partial charge in [0.1, 0.15) is 11.3 Å². The SMILES string of the molecule is C.CCOC(=O)c1cc(O[Si](C)(C)C(C)(C)C)nn1CCCNC(=O)OC(C)(C)C. The van der Waals surface area contributed by atoms with Crippen molar-refractivity contribution < 1.29 is 23.5 Å². The van der Waals surface area contributed by atoms with Crippen molar-refractivity contribution in [2.75, 3.05) is 13.2 Å². The van der Waals surface area contributed by atoms with Crippen molar-refractivity contribution in [3.63, 3.8) is 0 Å². The maximum atomic E-state index is 12.3. The normalized spacial score (nSPS) is 12.0. The van der Waals surface area contributed by atoms with E-state index in [2.05, 4.69) is 44.3 Å². The number of amides is 1. The second kappa shape index (κ2) is 10.8. The Labute approximate surface area is 182 Å². The molecular weight excluding hydrogens is 402 g/mol. The first-order chi connectivity index (χ1) is 13.2. The van der Waals surface area contributed by atoms with Gasteiger partial charge >= 0.3 is 12.1 Å². The minimum Gasteiger partial charge on any atom is -0.530 e. The minimum atomic E-state index is -2.09. The number of nitrogens with one attached hydrogen (secondary N) is 1. The summed E-state index contributed by atoms with van der Waals surface area (Å²) in [6, 6.07) is 1.64. The highest BCUT2D eigenvalue weighted by atomic mass is 28.4. The van der Waals surface area contributed by atoms with Crippen LogP contribution in [0.3, 0.4) is 0 Å². The van der Waals surface area contributed by atoms with Crippen molar-refractivity contribution in [1.82, 2.24) is 15.1 Å². The monoisotopic (exact) mass is 443 g/mol. The van der Waals surface area contributed by atoms with E-state index in [0.717, 1.165) is 0 Å². The van der Waals surface area contributed by atoms with Crippen molar-refractivity contribution in [2.45, 2.75) is 92.6 Å². The minimum absolute atomic E-state index is 0. The summed E-state index contributed by atoms with van der Waals surface area (Å²) in [5.74, 6) is -0.00932. The fraction of sp³-hybridized carbons (Fsp3) is 0.762. The highest BCUT2D eigenvalue weighted by Gasteiger charge is 2.39. The molecule has 0 aliphatic rings. The van der Waals surface area contributed by atoms with Crippen LogP contribution in [0.15, 0.2) is 6.07 Å². The van der Waals surface area contributed by atoms with Gasteiger partial charge < -0.3 is 19.2 Å². The molecule has 1 rings (SSSR count). The lowest BCUT2D eigenvalue weighted by molar-refractivity contribution is 0.0501. The van der Waals surface area contributed by atoms with Crippen LogP contribution in [0.1, 0.15) is 72.8 Å². The van der Waals surface area contributed by atoms with Gasteiger partial charge in [0.25, 0.3) is 8.32 Å². The molecule has 1 aromatic heterocycles. The van der Waals surface area contributed by atoms with Gasteiger partial charge in [-0.25, -0.2) is 9.59 Å². The topological polar surface area (TPSA) is 91.7 Å². The molecule has 0 atom stereocenters. The molecule has 0 aliphatic carbocycles. The number of ether oxygens (including phenoxy) is 2. The van der Waals surface area contributed by atoms with Crippen LogP contribution in [0, 0.1) is 0 Å². The molecule has 0 saturated carbocycles. The molecule has 0 fully saturated rings. The van der Waals surface area contributed by atoms with Gasteiger partial charge in [0, 0.05) is 19.2 Å². The summed E-state index contributed by atoms with van der Waals surface area (Å²) in [6.45, 7) is 19.0. The zero-order valence-corrected chi connectivity index (χ0v) is 20.3. The lowest BCUT2D eigenvalue weighted by atomic mass is 10.2. The molecule has 0 radical (unpaired) electrons. The van der Waals surface area contributed by atoms with Gasteiger partial charge in [-0.15, -0.1) is 5.10 Å². The highest BCUT2D eigenvalue weighted by molar-refractivity contribution is 6.74. The average Bonchev–Trinajstić information content (AvgIpc) is 2.91. The Kier molecular flexibility index (Phi) is 10.1. The number of hydrogen-bond donors (Lipinski definition) is 1. The zero-order valence-electron chi connectivity index (χ0n) is 19.3. The quantitative estimate of drug-likeness (QED) is 0.345. The molecule has 0 saturated heterocycles. The average molecular weight is 444 g/mol. The second-order valence-electron chi connectivity index (χ2n) is 9.46. The summed E-state index contributed by atoms with van der Waals surface area (Å²) in [5.41, 5.74) is -0.197. The maximum Gasteiger partial charge on any atom is 0.407 e. The third-order valence-electron chi connectivity index (χ3n) is 4.62. The van der Waals surface area contributed by atoms with Crippen molar-refractivity contribution >= 4 is 20.4 Å². The van der Waals surface area contributed by atoms with Crippen LogP contribution >= 0.6 is 0 Å². The van der Waals surface area contributed by atoms with Crippen molar-refractivity contribution in [3.05, 3.63) is 11.8 Å². The van der Waals surface area contributed by atoms with E-state index in [4.69, 9.17) is 13.9 Å². The number of esters is 1. The van der Waals surface area contributed by atoms with E-state index in [9.17, 15) is 9.59 Å². The Morgan fingerprint density at radius 1 is 1.17 bits per heavy atom. The van der Waals surface area contributed by atoms with Crippen LogP contribution in [-0.4, -0.2) is 48.9 Å². The van der Waals surface area contributed by atoms with E-state index < -0.39 is 26.0 Å². The first kappa shape index (κ1) is 28.0. The van der Waals surface area contributed by atoms with E-state index in [0.29, 0.717) is 31.1 Å². The predicted molar refractivity (Wildman–Crippen MR) is 122 cm³/mol. The lowest BCUT2D eigenvalue weighted by Crippen LogP contribution is -2.44. The number of aromatic nitrogens is 2. The zero-order chi connectivity index (χ0) is 22.5. The first-order valence-corrected chi connectivity index (χ1v) is 13.0. The van der Waals surface area contributed by atoms with Gasteiger partial charge in [0.05, 0.1) is 6.61 Å². The molecule has 9 heteroatoms. The van der Waals surface area contributed by atoms with E-state index in [1.165, 1.54) is 0 Å². The molecular formula is C21H41N3O5Si. The van der Waals surface area contributed by atoms with Crippen molar-refractivity contribution in [1.29, 1.82) is 0 Å². The van der Waals surface area contributed by atoms with Gasteiger partial charge in [-0.3, -0.25) is 4.68 Å². The number of nitrogens with zero attached hydrogens (tertiary/aromatic N) is 2. The number of hydrogen-bond acceptors (Lipinski definition) is 6. The molecule has 0 aliphatic heterocycles. The van der Waals surface area contributed by atoms with Gasteiger partial charge in [0.2, 0.25) is 5.88 Å². The van der Waals surface area contributed by atoms with Gasteiger partial charge in [-0.2, -0.15) is 0 Å². The molecule has 0 bridgehead atoms. The van der Waals surface area contributed by atoms with Crippen LogP contribution < -0.4 is 9.74 Å². The van der Waals surface area contributed by atoms with Gasteiger partial charge in [-0.05, 0) is 52.2 Å². The van der Waals surface area contributed by atoms with Crippen LogP contribution in [0.4, 0.5) is 4.79 Å². The maximum absolute atomic E-state index is 12.3. The Bertz CT molecular complexity index is 702. The molecule has 1 N–H and O–H groups in total. The molecule has 30 heavy (non-hydrogen) atoms. The molecule has 1 amide bonds. The standard InChI is InChI=1S/C20H37N3O5Si.CH4/c1-10-26-17(24)15-14-16(28-29(8,9)20(5,6)7)22-23(15)13-11-12-21-18(25)27-19(2,3)4;/h14H,10-13H2,1-9H3,(H,21,25);1H4. The third-order valence-corrected chi connectivity index (χ3v) is 8.95. The van der Waals surface area contributed by atoms with Crippen molar-refractivity contribution in [2.24, 2.45) is 0 Å². The fourth-order valence-corrected chi connectivity index (χ4v) is 3.06. The summed E-state index contributed by atoms with van der Waals surface area (Å²) in [5, 5.41) is 7.19. The van der Waals surface area contributed by atoms with Crippen LogP contribution in [0.2, 0.25) is 18.1 Å². The molecule has 1 heterocycles.